The third-order valence-corrected chi connectivity index (χ3v) is 5.53. The molecular formula is C23H25F2N4O4. The molecular weight excluding hydrogens is 434 g/mol. The van der Waals surface area contributed by atoms with E-state index < -0.39 is 53.2 Å². The first-order valence-electron chi connectivity index (χ1n) is 10.2. The zero-order chi connectivity index (χ0) is 24.3. The molecule has 0 bridgehead atoms. The molecule has 0 saturated carbocycles. The lowest BCUT2D eigenvalue weighted by molar-refractivity contribution is -0.144. The van der Waals surface area contributed by atoms with Gasteiger partial charge in [0.1, 0.15) is 29.4 Å². The summed E-state index contributed by atoms with van der Waals surface area (Å²) in [7, 11) is 1.39. The van der Waals surface area contributed by atoms with Crippen LogP contribution in [0.25, 0.3) is 0 Å². The molecule has 3 amide bonds. The van der Waals surface area contributed by atoms with Crippen LogP contribution in [0.5, 0.6) is 0 Å². The summed E-state index contributed by atoms with van der Waals surface area (Å²) in [6, 6.07) is 5.69. The quantitative estimate of drug-likeness (QED) is 0.550. The molecule has 4 N–H and O–H groups in total. The number of hydrogen-bond donors (Lipinski definition) is 3. The van der Waals surface area contributed by atoms with Crippen LogP contribution in [0.15, 0.2) is 36.4 Å². The number of fused-ring (bicyclic) bond motifs is 1. The fourth-order valence-electron chi connectivity index (χ4n) is 3.68. The van der Waals surface area contributed by atoms with Crippen molar-refractivity contribution in [2.24, 2.45) is 0 Å². The highest BCUT2D eigenvalue weighted by atomic mass is 19.1. The van der Waals surface area contributed by atoms with Gasteiger partial charge in [-0.1, -0.05) is 19.1 Å². The van der Waals surface area contributed by atoms with Crippen molar-refractivity contribution < 1.29 is 27.9 Å². The van der Waals surface area contributed by atoms with E-state index in [-0.39, 0.29) is 6.54 Å². The van der Waals surface area contributed by atoms with E-state index in [1.54, 1.807) is 19.1 Å². The zero-order valence-corrected chi connectivity index (χ0v) is 18.4. The Bertz CT molecular complexity index is 1060. The molecule has 3 rings (SSSR count). The summed E-state index contributed by atoms with van der Waals surface area (Å²) >= 11 is 0. The second-order valence-corrected chi connectivity index (χ2v) is 7.63. The van der Waals surface area contributed by atoms with Gasteiger partial charge >= 0.3 is 0 Å². The molecule has 1 aliphatic heterocycles. The predicted molar refractivity (Wildman–Crippen MR) is 118 cm³/mol. The number of halogens is 2. The van der Waals surface area contributed by atoms with Crippen LogP contribution in [0.3, 0.4) is 0 Å². The molecule has 33 heavy (non-hydrogen) atoms. The number of methoxy groups -OCH3 is 1. The lowest BCUT2D eigenvalue weighted by Crippen LogP contribution is -2.54. The number of ether oxygens (including phenoxy) is 1. The lowest BCUT2D eigenvalue weighted by atomic mass is 10.0. The number of nitrogens with one attached hydrogen (secondary N) is 2. The van der Waals surface area contributed by atoms with Crippen LogP contribution in [0.4, 0.5) is 20.2 Å². The van der Waals surface area contributed by atoms with E-state index in [1.165, 1.54) is 37.5 Å². The zero-order valence-electron chi connectivity index (χ0n) is 18.4. The minimum atomic E-state index is -1.23. The van der Waals surface area contributed by atoms with Crippen molar-refractivity contribution in [3.63, 3.8) is 0 Å². The second-order valence-electron chi connectivity index (χ2n) is 7.63. The van der Waals surface area contributed by atoms with Gasteiger partial charge < -0.3 is 26.0 Å². The molecule has 2 aromatic carbocycles. The summed E-state index contributed by atoms with van der Waals surface area (Å²) in [5, 5.41) is 4.82. The van der Waals surface area contributed by atoms with E-state index in [9.17, 15) is 23.2 Å². The molecule has 1 radical (unpaired) electrons. The first kappa shape index (κ1) is 24.1. The van der Waals surface area contributed by atoms with Crippen LogP contribution in [0.2, 0.25) is 0 Å². The van der Waals surface area contributed by atoms with Gasteiger partial charge in [-0.15, -0.1) is 0 Å². The first-order chi connectivity index (χ1) is 15.7. The van der Waals surface area contributed by atoms with Gasteiger partial charge in [0, 0.05) is 25.8 Å². The monoisotopic (exact) mass is 459 g/mol. The van der Waals surface area contributed by atoms with Crippen LogP contribution >= 0.6 is 0 Å². The number of benzene rings is 2. The molecule has 10 heteroatoms. The standard InChI is InChI=1S/C23H25F2N4O4/c1-4-18(30)27-19(12(2)33-3)23(32)29-11-13-8-9-14(26)10-15(13)21(29)22(31)28-20-16(24)6-5-7-17(20)25/h4-10,12,19,21H,11,26H2,1-3H3,(H,27,30)(H,28,31)/t12-,19+,21+/m1/s1. The maximum Gasteiger partial charge on any atom is 0.252 e. The number of carbonyl (C=O) groups excluding carboxylic acids is 3. The number of amides is 3. The molecule has 2 aromatic rings. The Balaban J connectivity index is 2.00. The van der Waals surface area contributed by atoms with Crippen molar-refractivity contribution in [3.05, 3.63) is 65.6 Å². The number of nitrogen functional groups attached to an aromatic ring is 1. The Hall–Kier alpha value is -3.53. The van der Waals surface area contributed by atoms with Crippen LogP contribution < -0.4 is 16.4 Å². The van der Waals surface area contributed by atoms with Crippen LogP contribution in [0, 0.1) is 18.1 Å². The molecule has 3 atom stereocenters. The highest BCUT2D eigenvalue weighted by molar-refractivity contribution is 6.00. The first-order valence-corrected chi connectivity index (χ1v) is 10.2. The molecule has 0 aliphatic carbocycles. The third-order valence-electron chi connectivity index (χ3n) is 5.53. The number of nitrogens with two attached hydrogens (primary N) is 1. The van der Waals surface area contributed by atoms with Gasteiger partial charge in [-0.2, -0.15) is 0 Å². The summed E-state index contributed by atoms with van der Waals surface area (Å²) < 4.78 is 33.6. The summed E-state index contributed by atoms with van der Waals surface area (Å²) in [5.74, 6) is -3.82. The van der Waals surface area contributed by atoms with Gasteiger partial charge in [-0.25, -0.2) is 8.78 Å². The molecule has 1 aliphatic rings. The van der Waals surface area contributed by atoms with Gasteiger partial charge in [-0.05, 0) is 42.3 Å². The average molecular weight is 459 g/mol. The lowest BCUT2D eigenvalue weighted by Gasteiger charge is -2.31. The van der Waals surface area contributed by atoms with Gasteiger partial charge in [0.25, 0.3) is 5.91 Å². The molecule has 0 saturated heterocycles. The molecule has 0 unspecified atom stereocenters. The van der Waals surface area contributed by atoms with Crippen LogP contribution in [-0.4, -0.2) is 41.9 Å². The third kappa shape index (κ3) is 4.95. The molecule has 0 fully saturated rings. The van der Waals surface area contributed by atoms with Crippen LogP contribution in [0.1, 0.15) is 31.0 Å². The van der Waals surface area contributed by atoms with Gasteiger partial charge in [0.2, 0.25) is 11.8 Å². The van der Waals surface area contributed by atoms with E-state index in [1.807, 2.05) is 0 Å². The largest absolute Gasteiger partial charge is 0.399 e. The molecule has 1 heterocycles. The normalized spacial score (nSPS) is 16.6. The van der Waals surface area contributed by atoms with Crippen molar-refractivity contribution >= 4 is 29.1 Å². The Labute approximate surface area is 190 Å². The fourth-order valence-corrected chi connectivity index (χ4v) is 3.68. The number of nitrogens with zero attached hydrogens (tertiary/aromatic N) is 1. The Morgan fingerprint density at radius 3 is 2.48 bits per heavy atom. The Morgan fingerprint density at radius 2 is 1.88 bits per heavy atom. The topological polar surface area (TPSA) is 114 Å². The van der Waals surface area contributed by atoms with Crippen molar-refractivity contribution in [3.8, 4) is 0 Å². The van der Waals surface area contributed by atoms with Gasteiger partial charge in [-0.3, -0.25) is 14.4 Å². The SMILES string of the molecule is C[CH]C(=O)N[C@H](C(=O)N1Cc2ccc(N)cc2[C@H]1C(=O)Nc1c(F)cccc1F)[C@@H](C)OC. The number of para-hydroxylation sites is 1. The predicted octanol–water partition coefficient (Wildman–Crippen LogP) is 2.31. The number of anilines is 2. The van der Waals surface area contributed by atoms with Crippen molar-refractivity contribution in [1.29, 1.82) is 0 Å². The minimum absolute atomic E-state index is 0.0327. The minimum Gasteiger partial charge on any atom is -0.399 e. The summed E-state index contributed by atoms with van der Waals surface area (Å²) in [6.45, 7) is 3.15. The van der Waals surface area contributed by atoms with E-state index in [0.717, 1.165) is 12.1 Å². The maximum atomic E-state index is 14.2. The average Bonchev–Trinajstić information content (AvgIpc) is 3.17. The van der Waals surface area contributed by atoms with Crippen LogP contribution in [-0.2, 0) is 25.7 Å². The highest BCUT2D eigenvalue weighted by Crippen LogP contribution is 2.37. The molecule has 175 valence electrons. The number of rotatable bonds is 7. The molecule has 0 aromatic heterocycles. The summed E-state index contributed by atoms with van der Waals surface area (Å²) in [6.07, 6.45) is 0.538. The van der Waals surface area contributed by atoms with Gasteiger partial charge in [0.15, 0.2) is 0 Å². The number of carbonyl (C=O) groups is 3. The number of hydrogen-bond acceptors (Lipinski definition) is 5. The Kier molecular flexibility index (Phi) is 7.27. The van der Waals surface area contributed by atoms with E-state index in [4.69, 9.17) is 10.5 Å². The maximum absolute atomic E-state index is 14.2. The highest BCUT2D eigenvalue weighted by Gasteiger charge is 2.43. The summed E-state index contributed by atoms with van der Waals surface area (Å²) in [5.41, 5.74) is 6.69. The smallest absolute Gasteiger partial charge is 0.252 e. The van der Waals surface area contributed by atoms with Crippen molar-refractivity contribution in [2.45, 2.75) is 38.6 Å². The van der Waals surface area contributed by atoms with Crippen molar-refractivity contribution in [2.75, 3.05) is 18.2 Å². The Morgan fingerprint density at radius 1 is 1.21 bits per heavy atom. The van der Waals surface area contributed by atoms with Crippen molar-refractivity contribution in [1.82, 2.24) is 10.2 Å². The fraction of sp³-hybridized carbons (Fsp3) is 0.304. The van der Waals surface area contributed by atoms with Gasteiger partial charge in [0.05, 0.1) is 6.10 Å². The van der Waals surface area contributed by atoms with E-state index in [0.29, 0.717) is 16.8 Å². The molecule has 8 nitrogen and oxygen atoms in total. The second kappa shape index (κ2) is 9.95. The molecule has 0 spiro atoms. The van der Waals surface area contributed by atoms with E-state index in [2.05, 4.69) is 10.6 Å². The summed E-state index contributed by atoms with van der Waals surface area (Å²) in [4.78, 5) is 40.0. The van der Waals surface area contributed by atoms with E-state index >= 15 is 0 Å².